The van der Waals surface area contributed by atoms with Crippen LogP contribution in [0.3, 0.4) is 0 Å². The van der Waals surface area contributed by atoms with Gasteiger partial charge < -0.3 is 15.3 Å². The zero-order valence-electron chi connectivity index (χ0n) is 11.1. The molecule has 0 aliphatic rings. The second kappa shape index (κ2) is 6.78. The maximum absolute atomic E-state index is 11.0. The van der Waals surface area contributed by atoms with Gasteiger partial charge in [-0.2, -0.15) is 4.98 Å². The van der Waals surface area contributed by atoms with Gasteiger partial charge in [-0.1, -0.05) is 13.3 Å². The lowest BCUT2D eigenvalue weighted by Crippen LogP contribution is -2.30. The highest BCUT2D eigenvalue weighted by atomic mass is 16.4. The van der Waals surface area contributed by atoms with Crippen molar-refractivity contribution in [2.45, 2.75) is 32.7 Å². The van der Waals surface area contributed by atoms with E-state index < -0.39 is 12.0 Å². The summed E-state index contributed by atoms with van der Waals surface area (Å²) in [4.78, 5) is 21.3. The largest absolute Gasteiger partial charge is 0.480 e. The normalized spacial score (nSPS) is 11.9. The molecule has 0 aromatic carbocycles. The van der Waals surface area contributed by atoms with Crippen molar-refractivity contribution >= 4 is 17.7 Å². The lowest BCUT2D eigenvalue weighted by Gasteiger charge is -2.17. The summed E-state index contributed by atoms with van der Waals surface area (Å²) >= 11 is 0. The van der Waals surface area contributed by atoms with Crippen molar-refractivity contribution < 1.29 is 9.90 Å². The number of carboxylic acid groups (broad SMARTS) is 1. The van der Waals surface area contributed by atoms with Gasteiger partial charge in [-0.15, -0.1) is 0 Å². The zero-order valence-corrected chi connectivity index (χ0v) is 11.1. The quantitative estimate of drug-likeness (QED) is 0.767. The number of nitrogens with zero attached hydrogens (tertiary/aromatic N) is 3. The van der Waals surface area contributed by atoms with Crippen LogP contribution in [0.15, 0.2) is 12.3 Å². The molecular weight excluding hydrogens is 232 g/mol. The fraction of sp³-hybridized carbons (Fsp3) is 0.583. The molecule has 6 heteroatoms. The fourth-order valence-electron chi connectivity index (χ4n) is 1.50. The van der Waals surface area contributed by atoms with Crippen molar-refractivity contribution in [3.05, 3.63) is 12.3 Å². The van der Waals surface area contributed by atoms with Crippen molar-refractivity contribution in [2.24, 2.45) is 0 Å². The third-order valence-corrected chi connectivity index (χ3v) is 2.69. The minimum atomic E-state index is -0.880. The molecule has 0 aliphatic carbocycles. The van der Waals surface area contributed by atoms with E-state index >= 15 is 0 Å². The smallest absolute Gasteiger partial charge is 0.326 e. The summed E-state index contributed by atoms with van der Waals surface area (Å²) in [6.45, 7) is 4.79. The Bertz CT molecular complexity index is 397. The molecule has 1 rings (SSSR count). The fourth-order valence-corrected chi connectivity index (χ4v) is 1.50. The van der Waals surface area contributed by atoms with Crippen LogP contribution in [0.2, 0.25) is 0 Å². The summed E-state index contributed by atoms with van der Waals surface area (Å²) in [6.07, 6.45) is 2.97. The number of aliphatic carboxylic acids is 1. The van der Waals surface area contributed by atoms with Crippen molar-refractivity contribution in [3.8, 4) is 0 Å². The summed E-state index contributed by atoms with van der Waals surface area (Å²) in [7, 11) is 1.92. The van der Waals surface area contributed by atoms with Crippen molar-refractivity contribution in [1.82, 2.24) is 9.97 Å². The molecule has 0 spiro atoms. The molecule has 6 nitrogen and oxygen atoms in total. The molecule has 0 aliphatic heterocycles. The Kier molecular flexibility index (Phi) is 5.35. The molecule has 0 amide bonds. The van der Waals surface area contributed by atoms with Crippen LogP contribution in [-0.4, -0.2) is 40.7 Å². The Labute approximate surface area is 107 Å². The van der Waals surface area contributed by atoms with Gasteiger partial charge in [-0.05, 0) is 19.4 Å². The van der Waals surface area contributed by atoms with Crippen LogP contribution in [0, 0.1) is 0 Å². The molecule has 0 fully saturated rings. The molecular formula is C12H20N4O2. The Hall–Kier alpha value is -1.85. The van der Waals surface area contributed by atoms with Crippen LogP contribution in [0.4, 0.5) is 11.8 Å². The average molecular weight is 252 g/mol. The van der Waals surface area contributed by atoms with Gasteiger partial charge in [-0.3, -0.25) is 0 Å². The maximum Gasteiger partial charge on any atom is 0.326 e. The van der Waals surface area contributed by atoms with E-state index in [-0.39, 0.29) is 0 Å². The maximum atomic E-state index is 11.0. The second-order valence-corrected chi connectivity index (χ2v) is 4.08. The molecule has 1 unspecified atom stereocenters. The van der Waals surface area contributed by atoms with Gasteiger partial charge in [0.15, 0.2) is 0 Å². The number of rotatable bonds is 7. The van der Waals surface area contributed by atoms with Gasteiger partial charge >= 0.3 is 5.97 Å². The molecule has 0 saturated carbocycles. The number of hydrogen-bond donors (Lipinski definition) is 2. The minimum absolute atomic E-state index is 0.355. The zero-order chi connectivity index (χ0) is 13.5. The van der Waals surface area contributed by atoms with E-state index in [1.54, 1.807) is 12.3 Å². The summed E-state index contributed by atoms with van der Waals surface area (Å²) in [5.74, 6) is 0.249. The van der Waals surface area contributed by atoms with Gasteiger partial charge in [0.1, 0.15) is 11.9 Å². The van der Waals surface area contributed by atoms with Crippen molar-refractivity contribution in [2.75, 3.05) is 23.8 Å². The van der Waals surface area contributed by atoms with Crippen molar-refractivity contribution in [3.63, 3.8) is 0 Å². The second-order valence-electron chi connectivity index (χ2n) is 4.08. The Morgan fingerprint density at radius 3 is 2.83 bits per heavy atom. The van der Waals surface area contributed by atoms with Gasteiger partial charge in [0.05, 0.1) is 0 Å². The van der Waals surface area contributed by atoms with E-state index in [0.29, 0.717) is 12.4 Å². The number of aromatic nitrogens is 2. The molecule has 1 aromatic rings. The number of nitrogens with one attached hydrogen (secondary N) is 1. The molecule has 2 N–H and O–H groups in total. The van der Waals surface area contributed by atoms with Crippen LogP contribution in [0.25, 0.3) is 0 Å². The van der Waals surface area contributed by atoms with Crippen LogP contribution < -0.4 is 10.2 Å². The number of anilines is 2. The van der Waals surface area contributed by atoms with Crippen LogP contribution in [0.5, 0.6) is 0 Å². The number of hydrogen-bond acceptors (Lipinski definition) is 5. The monoisotopic (exact) mass is 252 g/mol. The van der Waals surface area contributed by atoms with E-state index in [4.69, 9.17) is 5.11 Å². The van der Waals surface area contributed by atoms with E-state index in [2.05, 4.69) is 15.3 Å². The highest BCUT2D eigenvalue weighted by Gasteiger charge is 2.17. The van der Waals surface area contributed by atoms with Crippen molar-refractivity contribution in [1.29, 1.82) is 0 Å². The summed E-state index contributed by atoms with van der Waals surface area (Å²) in [5, 5.41) is 11.9. The molecule has 0 bridgehead atoms. The first-order valence-electron chi connectivity index (χ1n) is 6.12. The first-order chi connectivity index (χ1) is 8.58. The minimum Gasteiger partial charge on any atom is -0.480 e. The van der Waals surface area contributed by atoms with Gasteiger partial charge in [0, 0.05) is 19.8 Å². The summed E-state index contributed by atoms with van der Waals surface area (Å²) < 4.78 is 0. The molecule has 1 atom stereocenters. The third kappa shape index (κ3) is 3.87. The highest BCUT2D eigenvalue weighted by molar-refractivity contribution is 5.76. The predicted molar refractivity (Wildman–Crippen MR) is 70.9 cm³/mol. The molecule has 0 saturated heterocycles. The summed E-state index contributed by atoms with van der Waals surface area (Å²) in [5.41, 5.74) is 0. The van der Waals surface area contributed by atoms with Gasteiger partial charge in [0.25, 0.3) is 0 Å². The lowest BCUT2D eigenvalue weighted by molar-refractivity contribution is -0.138. The highest BCUT2D eigenvalue weighted by Crippen LogP contribution is 2.12. The standard InChI is InChI=1S/C12H20N4O2/c1-4-6-9(11(17)18)14-12-13-8-7-10(15-12)16(3)5-2/h7-9H,4-6H2,1-3H3,(H,17,18)(H,13,14,15). The van der Waals surface area contributed by atoms with Gasteiger partial charge in [-0.25, -0.2) is 9.78 Å². The number of carboxylic acids is 1. The topological polar surface area (TPSA) is 78.4 Å². The first-order valence-corrected chi connectivity index (χ1v) is 6.12. The Balaban J connectivity index is 2.80. The predicted octanol–water partition coefficient (Wildman–Crippen LogP) is 1.60. The van der Waals surface area contributed by atoms with Crippen LogP contribution in [-0.2, 0) is 4.79 Å². The number of carbonyl (C=O) groups is 1. The van der Waals surface area contributed by atoms with Crippen LogP contribution in [0.1, 0.15) is 26.7 Å². The van der Waals surface area contributed by atoms with E-state index in [1.165, 1.54) is 0 Å². The molecule has 1 heterocycles. The van der Waals surface area contributed by atoms with Crippen LogP contribution >= 0.6 is 0 Å². The first kappa shape index (κ1) is 14.2. The SMILES string of the molecule is CCCC(Nc1nccc(N(C)CC)n1)C(=O)O. The third-order valence-electron chi connectivity index (χ3n) is 2.69. The molecule has 100 valence electrons. The molecule has 18 heavy (non-hydrogen) atoms. The van der Waals surface area contributed by atoms with E-state index in [1.807, 2.05) is 25.8 Å². The van der Waals surface area contributed by atoms with Gasteiger partial charge in [0.2, 0.25) is 5.95 Å². The van der Waals surface area contributed by atoms with E-state index in [0.717, 1.165) is 18.8 Å². The summed E-state index contributed by atoms with van der Waals surface area (Å²) in [6, 6.07) is 1.15. The van der Waals surface area contributed by atoms with E-state index in [9.17, 15) is 4.79 Å². The average Bonchev–Trinajstić information content (AvgIpc) is 2.37. The molecule has 1 aromatic heterocycles. The lowest BCUT2D eigenvalue weighted by atomic mass is 10.2. The Morgan fingerprint density at radius 2 is 2.28 bits per heavy atom. The Morgan fingerprint density at radius 1 is 1.56 bits per heavy atom. The molecule has 0 radical (unpaired) electrons.